The second-order valence-corrected chi connectivity index (χ2v) is 6.73. The molecule has 1 fully saturated rings. The Hall–Kier alpha value is -0.650. The average molecular weight is 272 g/mol. The molecule has 112 valence electrons. The second-order valence-electron chi connectivity index (χ2n) is 6.73. The van der Waals surface area contributed by atoms with Crippen molar-refractivity contribution in [3.8, 4) is 0 Å². The van der Waals surface area contributed by atoms with Gasteiger partial charge in [0.15, 0.2) is 0 Å². The molecular weight excluding hydrogens is 244 g/mol. The minimum atomic E-state index is -0.558. The monoisotopic (exact) mass is 272 g/mol. The lowest BCUT2D eigenvalue weighted by atomic mass is 9.79. The minimum Gasteiger partial charge on any atom is -0.394 e. The van der Waals surface area contributed by atoms with Crippen molar-refractivity contribution < 1.29 is 15.0 Å². The summed E-state index contributed by atoms with van der Waals surface area (Å²) in [7, 11) is 0. The molecular formula is C14H28N2O3. The van der Waals surface area contributed by atoms with E-state index < -0.39 is 6.04 Å². The maximum atomic E-state index is 12.0. The third-order valence-electron chi connectivity index (χ3n) is 3.52. The largest absolute Gasteiger partial charge is 0.394 e. The topological polar surface area (TPSA) is 81.6 Å². The van der Waals surface area contributed by atoms with Crippen LogP contribution in [0.4, 0.5) is 0 Å². The van der Waals surface area contributed by atoms with Crippen LogP contribution in [0.2, 0.25) is 0 Å². The Morgan fingerprint density at radius 2 is 2.00 bits per heavy atom. The molecule has 0 spiro atoms. The normalized spacial score (nSPS) is 24.5. The van der Waals surface area contributed by atoms with E-state index in [-0.39, 0.29) is 30.6 Å². The maximum Gasteiger partial charge on any atom is 0.237 e. The van der Waals surface area contributed by atoms with Gasteiger partial charge in [0.1, 0.15) is 0 Å². The molecule has 1 aliphatic heterocycles. The summed E-state index contributed by atoms with van der Waals surface area (Å²) in [6.45, 7) is 7.04. The number of rotatable bonds is 5. The molecule has 1 heterocycles. The highest BCUT2D eigenvalue weighted by Gasteiger charge is 2.30. The average Bonchev–Trinajstić information content (AvgIpc) is 2.34. The summed E-state index contributed by atoms with van der Waals surface area (Å²) in [5, 5.41) is 23.8. The summed E-state index contributed by atoms with van der Waals surface area (Å²) >= 11 is 0. The second kappa shape index (κ2) is 7.22. The van der Waals surface area contributed by atoms with E-state index in [1.807, 2.05) is 0 Å². The molecule has 1 saturated heterocycles. The van der Waals surface area contributed by atoms with Crippen molar-refractivity contribution in [3.05, 3.63) is 0 Å². The molecule has 1 aliphatic rings. The van der Waals surface area contributed by atoms with Crippen LogP contribution in [0.25, 0.3) is 0 Å². The first-order valence-electron chi connectivity index (χ1n) is 7.11. The van der Waals surface area contributed by atoms with Crippen molar-refractivity contribution in [2.24, 2.45) is 11.3 Å². The van der Waals surface area contributed by atoms with Gasteiger partial charge in [-0.15, -0.1) is 0 Å². The zero-order valence-electron chi connectivity index (χ0n) is 12.3. The van der Waals surface area contributed by atoms with E-state index in [1.165, 1.54) is 0 Å². The van der Waals surface area contributed by atoms with Crippen LogP contribution < -0.4 is 10.6 Å². The van der Waals surface area contributed by atoms with E-state index >= 15 is 0 Å². The first-order valence-corrected chi connectivity index (χ1v) is 7.11. The molecule has 0 aliphatic carbocycles. The standard InChI is InChI=1S/C14H28N2O3/c1-14(2,3)7-10-4-5-15-12(6-10)13(19)16-11(8-17)9-18/h10-12,15,17-18H,4-9H2,1-3H3,(H,16,19). The molecule has 1 rings (SSSR count). The zero-order valence-corrected chi connectivity index (χ0v) is 12.3. The van der Waals surface area contributed by atoms with Crippen LogP contribution in [0.15, 0.2) is 0 Å². The van der Waals surface area contributed by atoms with Gasteiger partial charge in [-0.05, 0) is 37.1 Å². The lowest BCUT2D eigenvalue weighted by Crippen LogP contribution is -2.53. The molecule has 0 aromatic heterocycles. The lowest BCUT2D eigenvalue weighted by molar-refractivity contribution is -0.125. The van der Waals surface area contributed by atoms with E-state index in [4.69, 9.17) is 10.2 Å². The first kappa shape index (κ1) is 16.4. The van der Waals surface area contributed by atoms with E-state index in [0.29, 0.717) is 5.92 Å². The minimum absolute atomic E-state index is 0.119. The van der Waals surface area contributed by atoms with Gasteiger partial charge < -0.3 is 20.8 Å². The molecule has 0 aromatic carbocycles. The van der Waals surface area contributed by atoms with Gasteiger partial charge in [0, 0.05) is 0 Å². The van der Waals surface area contributed by atoms with Crippen LogP contribution in [0.3, 0.4) is 0 Å². The van der Waals surface area contributed by atoms with Gasteiger partial charge in [-0.3, -0.25) is 4.79 Å². The number of carbonyl (C=O) groups is 1. The highest BCUT2D eigenvalue weighted by atomic mass is 16.3. The van der Waals surface area contributed by atoms with Crippen LogP contribution in [0, 0.1) is 11.3 Å². The molecule has 0 bridgehead atoms. The fraction of sp³-hybridized carbons (Fsp3) is 0.929. The van der Waals surface area contributed by atoms with Crippen LogP contribution >= 0.6 is 0 Å². The number of amides is 1. The van der Waals surface area contributed by atoms with E-state index in [2.05, 4.69) is 31.4 Å². The van der Waals surface area contributed by atoms with Crippen LogP contribution in [-0.4, -0.2) is 48.0 Å². The SMILES string of the molecule is CC(C)(C)CC1CCNC(C(=O)NC(CO)CO)C1. The van der Waals surface area contributed by atoms with Crippen molar-refractivity contribution >= 4 is 5.91 Å². The van der Waals surface area contributed by atoms with Gasteiger partial charge in [0.05, 0.1) is 25.3 Å². The van der Waals surface area contributed by atoms with E-state index in [9.17, 15) is 4.79 Å². The van der Waals surface area contributed by atoms with Crippen molar-refractivity contribution in [3.63, 3.8) is 0 Å². The number of hydrogen-bond donors (Lipinski definition) is 4. The highest BCUT2D eigenvalue weighted by Crippen LogP contribution is 2.30. The number of hydrogen-bond acceptors (Lipinski definition) is 4. The van der Waals surface area contributed by atoms with Gasteiger partial charge in [-0.25, -0.2) is 0 Å². The summed E-state index contributed by atoms with van der Waals surface area (Å²) in [5.41, 5.74) is 0.280. The summed E-state index contributed by atoms with van der Waals surface area (Å²) in [5.74, 6) is 0.436. The first-order chi connectivity index (χ1) is 8.85. The molecule has 19 heavy (non-hydrogen) atoms. The zero-order chi connectivity index (χ0) is 14.5. The Morgan fingerprint density at radius 1 is 1.37 bits per heavy atom. The molecule has 1 amide bonds. The van der Waals surface area contributed by atoms with Crippen molar-refractivity contribution in [1.82, 2.24) is 10.6 Å². The predicted octanol–water partition coefficient (Wildman–Crippen LogP) is 0.260. The van der Waals surface area contributed by atoms with Gasteiger partial charge in [0.25, 0.3) is 0 Å². The Labute approximate surface area is 115 Å². The van der Waals surface area contributed by atoms with Crippen molar-refractivity contribution in [1.29, 1.82) is 0 Å². The molecule has 0 aromatic rings. The molecule has 0 saturated carbocycles. The highest BCUT2D eigenvalue weighted by molar-refractivity contribution is 5.82. The Bertz CT molecular complexity index is 285. The number of nitrogens with one attached hydrogen (secondary N) is 2. The Morgan fingerprint density at radius 3 is 2.53 bits per heavy atom. The predicted molar refractivity (Wildman–Crippen MR) is 74.7 cm³/mol. The molecule has 0 radical (unpaired) electrons. The van der Waals surface area contributed by atoms with E-state index in [1.54, 1.807) is 0 Å². The number of aliphatic hydroxyl groups excluding tert-OH is 2. The van der Waals surface area contributed by atoms with Gasteiger partial charge in [0.2, 0.25) is 5.91 Å². The van der Waals surface area contributed by atoms with Crippen molar-refractivity contribution in [2.75, 3.05) is 19.8 Å². The smallest absolute Gasteiger partial charge is 0.237 e. The van der Waals surface area contributed by atoms with Crippen molar-refractivity contribution in [2.45, 2.75) is 52.1 Å². The number of piperidine rings is 1. The van der Waals surface area contributed by atoms with Gasteiger partial charge in [-0.2, -0.15) is 0 Å². The molecule has 4 N–H and O–H groups in total. The molecule has 2 unspecified atom stereocenters. The summed E-state index contributed by atoms with van der Waals surface area (Å²) in [4.78, 5) is 12.0. The van der Waals surface area contributed by atoms with Gasteiger partial charge >= 0.3 is 0 Å². The van der Waals surface area contributed by atoms with Gasteiger partial charge in [-0.1, -0.05) is 20.8 Å². The molecule has 5 heteroatoms. The lowest BCUT2D eigenvalue weighted by Gasteiger charge is -2.34. The third-order valence-corrected chi connectivity index (χ3v) is 3.52. The maximum absolute atomic E-state index is 12.0. The summed E-state index contributed by atoms with van der Waals surface area (Å²) in [6, 6.07) is -0.765. The fourth-order valence-electron chi connectivity index (χ4n) is 2.70. The van der Waals surface area contributed by atoms with Crippen LogP contribution in [-0.2, 0) is 4.79 Å². The summed E-state index contributed by atoms with van der Waals surface area (Å²) < 4.78 is 0. The third kappa shape index (κ3) is 5.89. The molecule has 5 nitrogen and oxygen atoms in total. The van der Waals surface area contributed by atoms with E-state index in [0.717, 1.165) is 25.8 Å². The number of carbonyl (C=O) groups excluding carboxylic acids is 1. The quantitative estimate of drug-likeness (QED) is 0.579. The number of aliphatic hydroxyl groups is 2. The Balaban J connectivity index is 2.47. The molecule has 2 atom stereocenters. The Kier molecular flexibility index (Phi) is 6.23. The fourth-order valence-corrected chi connectivity index (χ4v) is 2.70. The van der Waals surface area contributed by atoms with Crippen LogP contribution in [0.1, 0.15) is 40.0 Å². The van der Waals surface area contributed by atoms with Crippen LogP contribution in [0.5, 0.6) is 0 Å². The summed E-state index contributed by atoms with van der Waals surface area (Å²) in [6.07, 6.45) is 3.04.